The van der Waals surface area contributed by atoms with E-state index in [1.54, 1.807) is 18.3 Å². The number of carbonyl (C=O) groups is 2. The standard InChI is InChI=1S/C33H36N2O4S/c1-33(2,3)39-32(38)35-30(26(24-15-9-5-10-16-24)21-23-13-7-4-8-14-23)27(36)19-20-29-34-22-28(40-29)31(37)25-17-11-6-12-18-25/h4-18,22,26-27,30,36H,19-21H2,1-3H3,(H,35,38)/t26?,27-,30-/m0/s1. The molecule has 40 heavy (non-hydrogen) atoms. The lowest BCUT2D eigenvalue weighted by Crippen LogP contribution is -2.49. The molecule has 6 nitrogen and oxygen atoms in total. The molecule has 1 unspecified atom stereocenters. The van der Waals surface area contributed by atoms with Crippen LogP contribution in [-0.2, 0) is 17.6 Å². The molecule has 1 heterocycles. The van der Waals surface area contributed by atoms with Gasteiger partial charge in [0.1, 0.15) is 5.60 Å². The maximum Gasteiger partial charge on any atom is 0.407 e. The van der Waals surface area contributed by atoms with Crippen molar-refractivity contribution < 1.29 is 19.4 Å². The molecule has 0 aliphatic carbocycles. The van der Waals surface area contributed by atoms with Crippen LogP contribution in [0.3, 0.4) is 0 Å². The molecule has 0 fully saturated rings. The van der Waals surface area contributed by atoms with Crippen LogP contribution in [-0.4, -0.2) is 39.7 Å². The Balaban J connectivity index is 1.55. The predicted molar refractivity (Wildman–Crippen MR) is 159 cm³/mol. The van der Waals surface area contributed by atoms with E-state index < -0.39 is 23.8 Å². The number of benzene rings is 3. The number of rotatable bonds is 11. The average Bonchev–Trinajstić information content (AvgIpc) is 3.43. The normalized spacial score (nSPS) is 13.7. The summed E-state index contributed by atoms with van der Waals surface area (Å²) < 4.78 is 5.58. The van der Waals surface area contributed by atoms with Crippen molar-refractivity contribution in [3.05, 3.63) is 124 Å². The van der Waals surface area contributed by atoms with Crippen LogP contribution in [0.5, 0.6) is 0 Å². The van der Waals surface area contributed by atoms with E-state index in [-0.39, 0.29) is 11.7 Å². The summed E-state index contributed by atoms with van der Waals surface area (Å²) in [6, 6.07) is 28.5. The second-order valence-corrected chi connectivity index (χ2v) is 11.9. The number of aliphatic hydroxyl groups is 1. The summed E-state index contributed by atoms with van der Waals surface area (Å²) >= 11 is 1.33. The largest absolute Gasteiger partial charge is 0.444 e. The Hall–Kier alpha value is -3.81. The third-order valence-corrected chi connectivity index (χ3v) is 7.58. The number of aromatic nitrogens is 1. The number of nitrogens with one attached hydrogen (secondary N) is 1. The molecule has 0 saturated carbocycles. The number of ether oxygens (including phenoxy) is 1. The van der Waals surface area contributed by atoms with Crippen molar-refractivity contribution in [3.8, 4) is 0 Å². The minimum atomic E-state index is -0.890. The van der Waals surface area contributed by atoms with Crippen molar-refractivity contribution >= 4 is 23.2 Å². The SMILES string of the molecule is CC(C)(C)OC(=O)N[C@@H](C(Cc1ccccc1)c1ccccc1)[C@@H](O)CCc1ncc(C(=O)c2ccccc2)s1. The first kappa shape index (κ1) is 29.2. The lowest BCUT2D eigenvalue weighted by molar-refractivity contribution is 0.0384. The van der Waals surface area contributed by atoms with E-state index in [9.17, 15) is 14.7 Å². The molecule has 0 radical (unpaired) electrons. The minimum absolute atomic E-state index is 0.0682. The van der Waals surface area contributed by atoms with Gasteiger partial charge < -0.3 is 15.2 Å². The number of alkyl carbamates (subject to hydrolysis) is 1. The van der Waals surface area contributed by atoms with Gasteiger partial charge in [-0.3, -0.25) is 4.79 Å². The van der Waals surface area contributed by atoms with Gasteiger partial charge >= 0.3 is 6.09 Å². The average molecular weight is 557 g/mol. The predicted octanol–water partition coefficient (Wildman–Crippen LogP) is 6.59. The molecule has 1 aromatic heterocycles. The summed E-state index contributed by atoms with van der Waals surface area (Å²) in [4.78, 5) is 30.8. The Labute approximate surface area is 240 Å². The van der Waals surface area contributed by atoms with Crippen LogP contribution >= 0.6 is 11.3 Å². The monoisotopic (exact) mass is 556 g/mol. The molecule has 1 amide bonds. The van der Waals surface area contributed by atoms with Crippen LogP contribution < -0.4 is 5.32 Å². The molecule has 7 heteroatoms. The summed E-state index contributed by atoms with van der Waals surface area (Å²) in [5, 5.41) is 15.3. The van der Waals surface area contributed by atoms with E-state index in [4.69, 9.17) is 4.74 Å². The molecular weight excluding hydrogens is 520 g/mol. The van der Waals surface area contributed by atoms with Crippen molar-refractivity contribution in [2.24, 2.45) is 0 Å². The fourth-order valence-electron chi connectivity index (χ4n) is 4.64. The van der Waals surface area contributed by atoms with Crippen molar-refractivity contribution in [1.29, 1.82) is 0 Å². The molecule has 0 spiro atoms. The van der Waals surface area contributed by atoms with E-state index >= 15 is 0 Å². The number of carbonyl (C=O) groups excluding carboxylic acids is 2. The first-order valence-corrected chi connectivity index (χ1v) is 14.3. The number of amides is 1. The molecule has 2 N–H and O–H groups in total. The third kappa shape index (κ3) is 8.34. The summed E-state index contributed by atoms with van der Waals surface area (Å²) in [6.07, 6.45) is 1.57. The Morgan fingerprint density at radius 1 is 0.925 bits per heavy atom. The molecule has 3 aromatic carbocycles. The highest BCUT2D eigenvalue weighted by molar-refractivity contribution is 7.13. The van der Waals surface area contributed by atoms with Crippen molar-refractivity contribution in [3.63, 3.8) is 0 Å². The summed E-state index contributed by atoms with van der Waals surface area (Å²) in [5.41, 5.74) is 2.05. The quantitative estimate of drug-likeness (QED) is 0.204. The summed E-state index contributed by atoms with van der Waals surface area (Å²) in [5.74, 6) is -0.279. The zero-order chi connectivity index (χ0) is 28.5. The van der Waals surface area contributed by atoms with Gasteiger partial charge in [0.15, 0.2) is 0 Å². The van der Waals surface area contributed by atoms with Gasteiger partial charge in [-0.1, -0.05) is 91.0 Å². The molecule has 0 aliphatic heterocycles. The highest BCUT2D eigenvalue weighted by Gasteiger charge is 2.33. The molecule has 208 valence electrons. The second-order valence-electron chi connectivity index (χ2n) is 10.8. The zero-order valence-electron chi connectivity index (χ0n) is 23.1. The van der Waals surface area contributed by atoms with Crippen molar-refractivity contribution in [2.45, 2.75) is 63.7 Å². The van der Waals surface area contributed by atoms with E-state index in [1.807, 2.05) is 99.6 Å². The smallest absolute Gasteiger partial charge is 0.407 e. The van der Waals surface area contributed by atoms with Gasteiger partial charge in [-0.15, -0.1) is 11.3 Å². The summed E-state index contributed by atoms with van der Waals surface area (Å²) in [6.45, 7) is 5.44. The van der Waals surface area contributed by atoms with Crippen LogP contribution in [0.2, 0.25) is 0 Å². The van der Waals surface area contributed by atoms with Gasteiger partial charge in [0.05, 0.1) is 22.0 Å². The van der Waals surface area contributed by atoms with Crippen molar-refractivity contribution in [2.75, 3.05) is 0 Å². The fourth-order valence-corrected chi connectivity index (χ4v) is 5.54. The minimum Gasteiger partial charge on any atom is -0.444 e. The van der Waals surface area contributed by atoms with E-state index in [2.05, 4.69) is 10.3 Å². The van der Waals surface area contributed by atoms with E-state index in [0.29, 0.717) is 29.7 Å². The van der Waals surface area contributed by atoms with Crippen LogP contribution in [0, 0.1) is 0 Å². The first-order valence-electron chi connectivity index (χ1n) is 13.5. The number of hydrogen-bond acceptors (Lipinski definition) is 6. The molecule has 0 aliphatic rings. The number of aliphatic hydroxyl groups excluding tert-OH is 1. The molecular formula is C33H36N2O4S. The Morgan fingerprint density at radius 2 is 1.52 bits per heavy atom. The Morgan fingerprint density at radius 3 is 2.15 bits per heavy atom. The topological polar surface area (TPSA) is 88.5 Å². The molecule has 4 rings (SSSR count). The van der Waals surface area contributed by atoms with Gasteiger partial charge in [0, 0.05) is 24.1 Å². The molecule has 4 aromatic rings. The molecule has 0 bridgehead atoms. The van der Waals surface area contributed by atoms with E-state index in [1.165, 1.54) is 11.3 Å². The maximum atomic E-state index is 13.0. The van der Waals surface area contributed by atoms with Gasteiger partial charge in [-0.25, -0.2) is 9.78 Å². The number of thiazole rings is 1. The Bertz CT molecular complexity index is 1370. The molecule has 0 saturated heterocycles. The third-order valence-electron chi connectivity index (χ3n) is 6.52. The lowest BCUT2D eigenvalue weighted by Gasteiger charge is -2.33. The number of aryl methyl sites for hydroxylation is 1. The highest BCUT2D eigenvalue weighted by atomic mass is 32.1. The highest BCUT2D eigenvalue weighted by Crippen LogP contribution is 2.29. The van der Waals surface area contributed by atoms with E-state index in [0.717, 1.165) is 16.1 Å². The van der Waals surface area contributed by atoms with Gasteiger partial charge in [-0.2, -0.15) is 0 Å². The van der Waals surface area contributed by atoms with Crippen LogP contribution in [0.1, 0.15) is 64.5 Å². The van der Waals surface area contributed by atoms with Gasteiger partial charge in [0.2, 0.25) is 5.78 Å². The summed E-state index contributed by atoms with van der Waals surface area (Å²) in [7, 11) is 0. The van der Waals surface area contributed by atoms with Crippen LogP contribution in [0.15, 0.2) is 97.2 Å². The van der Waals surface area contributed by atoms with Crippen molar-refractivity contribution in [1.82, 2.24) is 10.3 Å². The lowest BCUT2D eigenvalue weighted by atomic mass is 9.82. The fraction of sp³-hybridized carbons (Fsp3) is 0.303. The van der Waals surface area contributed by atoms with Gasteiger partial charge in [0.25, 0.3) is 0 Å². The second kappa shape index (κ2) is 13.5. The Kier molecular flexibility index (Phi) is 9.85. The first-order chi connectivity index (χ1) is 19.2. The molecule has 3 atom stereocenters. The number of nitrogens with zero attached hydrogens (tertiary/aromatic N) is 1. The number of ketones is 1. The maximum absolute atomic E-state index is 13.0. The number of hydrogen-bond donors (Lipinski definition) is 2. The zero-order valence-corrected chi connectivity index (χ0v) is 23.9. The van der Waals surface area contributed by atoms with Crippen LogP contribution in [0.25, 0.3) is 0 Å². The van der Waals surface area contributed by atoms with Gasteiger partial charge in [-0.05, 0) is 44.7 Å². The van der Waals surface area contributed by atoms with Crippen LogP contribution in [0.4, 0.5) is 4.79 Å².